The van der Waals surface area contributed by atoms with Gasteiger partial charge in [-0.15, -0.1) is 13.2 Å². The van der Waals surface area contributed by atoms with Gasteiger partial charge in [-0.05, 0) is 68.1 Å². The molecule has 0 bridgehead atoms. The van der Waals surface area contributed by atoms with E-state index in [1.165, 1.54) is 19.2 Å². The van der Waals surface area contributed by atoms with Crippen molar-refractivity contribution in [3.8, 4) is 28.1 Å². The van der Waals surface area contributed by atoms with Crippen molar-refractivity contribution in [2.24, 2.45) is 17.3 Å². The van der Waals surface area contributed by atoms with Crippen molar-refractivity contribution in [1.82, 2.24) is 34.9 Å². The topological polar surface area (TPSA) is 152 Å². The molecule has 4 fully saturated rings. The Labute approximate surface area is 354 Å². The van der Waals surface area contributed by atoms with Gasteiger partial charge in [-0.2, -0.15) is 0 Å². The summed E-state index contributed by atoms with van der Waals surface area (Å²) >= 11 is 0. The molecule has 2 aromatic carbocycles. The largest absolute Gasteiger partial charge is 0.573 e. The minimum Gasteiger partial charge on any atom is -0.453 e. The predicted molar refractivity (Wildman–Crippen MR) is 222 cm³/mol. The molecule has 7 rings (SSSR count). The zero-order valence-corrected chi connectivity index (χ0v) is 35.7. The maximum atomic E-state index is 13.8. The average molecular weight is 851 g/mol. The minimum absolute atomic E-state index is 0.0898. The standard InChI is InChI=1S/C44H57F3N8O6/c1-26(2)37(51-42(59)60-6)40(57)55-27(3)7-14-35(55)38-48-25-34(50-38)29-10-8-28(9-11-29)32-13-12-30(23-36(32)61-44(45,46)47)49-41(58)54-21-19-52(20-22-54)31-15-17-53(18-16-31)39(56)33-24-43(33,4)5/h8-13,23,25-27,31,33,35,37H,7,14-22,24H2,1-6H3,(H,48,50)(H,49,58)(H,51,59)/t27-,33+,35-,37-/m0/s1. The van der Waals surface area contributed by atoms with Gasteiger partial charge >= 0.3 is 18.5 Å². The molecule has 4 aliphatic rings. The van der Waals surface area contributed by atoms with Crippen molar-refractivity contribution in [1.29, 1.82) is 0 Å². The number of H-pyrrole nitrogens is 1. The number of amides is 5. The van der Waals surface area contributed by atoms with E-state index in [1.807, 2.05) is 25.7 Å². The Morgan fingerprint density at radius 1 is 0.902 bits per heavy atom. The molecule has 3 N–H and O–H groups in total. The van der Waals surface area contributed by atoms with Crippen molar-refractivity contribution in [3.05, 3.63) is 54.5 Å². The molecule has 1 aromatic heterocycles. The number of carbonyl (C=O) groups excluding carboxylic acids is 4. The van der Waals surface area contributed by atoms with E-state index < -0.39 is 30.3 Å². The molecule has 1 aliphatic carbocycles. The lowest BCUT2D eigenvalue weighted by Crippen LogP contribution is -2.55. The number of hydrogen-bond donors (Lipinski definition) is 3. The lowest BCUT2D eigenvalue weighted by Gasteiger charge is -2.42. The summed E-state index contributed by atoms with van der Waals surface area (Å²) < 4.78 is 50.4. The molecule has 0 radical (unpaired) electrons. The third-order valence-corrected chi connectivity index (χ3v) is 12.9. The van der Waals surface area contributed by atoms with Crippen LogP contribution in [0.1, 0.15) is 78.6 Å². The second-order valence-electron chi connectivity index (χ2n) is 17.8. The van der Waals surface area contributed by atoms with Crippen LogP contribution in [0, 0.1) is 17.3 Å². The first-order chi connectivity index (χ1) is 28.9. The highest BCUT2D eigenvalue weighted by Crippen LogP contribution is 2.52. The highest BCUT2D eigenvalue weighted by molar-refractivity contribution is 5.91. The van der Waals surface area contributed by atoms with Crippen LogP contribution in [-0.2, 0) is 14.3 Å². The van der Waals surface area contributed by atoms with Crippen molar-refractivity contribution in [3.63, 3.8) is 0 Å². The van der Waals surface area contributed by atoms with E-state index in [2.05, 4.69) is 39.1 Å². The molecule has 3 saturated heterocycles. The SMILES string of the molecule is COC(=O)N[C@H](C(=O)N1[C@@H](C)CC[C@H]1c1nc(-c2ccc(-c3ccc(NC(=O)N4CCN(C5CCN(C(=O)[C@H]6CC6(C)C)CC5)CC4)cc3OC(F)(F)F)cc2)c[nH]1)C(C)C. The summed E-state index contributed by atoms with van der Waals surface area (Å²) in [5.74, 6) is 0.120. The van der Waals surface area contributed by atoms with E-state index in [-0.39, 0.29) is 52.4 Å². The molecule has 0 unspecified atom stereocenters. The number of anilines is 1. The highest BCUT2D eigenvalue weighted by Gasteiger charge is 2.52. The number of piperidine rings is 1. The van der Waals surface area contributed by atoms with Crippen LogP contribution in [-0.4, -0.2) is 124 Å². The lowest BCUT2D eigenvalue weighted by atomic mass is 10.0. The number of hydrogen-bond acceptors (Lipinski definition) is 8. The number of alkyl halides is 3. The van der Waals surface area contributed by atoms with Crippen LogP contribution in [0.15, 0.2) is 48.7 Å². The predicted octanol–water partition coefficient (Wildman–Crippen LogP) is 7.26. The number of halogens is 3. The fourth-order valence-electron chi connectivity index (χ4n) is 9.06. The number of likely N-dealkylation sites (tertiary alicyclic amines) is 2. The number of aromatic nitrogens is 2. The van der Waals surface area contributed by atoms with Gasteiger partial charge in [-0.25, -0.2) is 14.6 Å². The summed E-state index contributed by atoms with van der Waals surface area (Å²) in [5, 5.41) is 5.42. The number of urea groups is 1. The first-order valence-corrected chi connectivity index (χ1v) is 21.2. The van der Waals surface area contributed by atoms with Crippen LogP contribution in [0.4, 0.5) is 28.4 Å². The Morgan fingerprint density at radius 3 is 2.16 bits per heavy atom. The molecule has 0 spiro atoms. The Morgan fingerprint density at radius 2 is 1.56 bits per heavy atom. The van der Waals surface area contributed by atoms with Gasteiger partial charge in [-0.1, -0.05) is 52.0 Å². The summed E-state index contributed by atoms with van der Waals surface area (Å²) in [7, 11) is 1.25. The van der Waals surface area contributed by atoms with E-state index in [0.29, 0.717) is 61.3 Å². The molecule has 14 nitrogen and oxygen atoms in total. The number of rotatable bonds is 10. The van der Waals surface area contributed by atoms with Gasteiger partial charge in [0.15, 0.2) is 0 Å². The van der Waals surface area contributed by atoms with Gasteiger partial charge in [0.2, 0.25) is 11.8 Å². The molecular weight excluding hydrogens is 794 g/mol. The fourth-order valence-corrected chi connectivity index (χ4v) is 9.06. The fraction of sp³-hybridized carbons (Fsp3) is 0.568. The maximum absolute atomic E-state index is 13.8. The Kier molecular flexibility index (Phi) is 12.6. The number of nitrogens with one attached hydrogen (secondary N) is 3. The summed E-state index contributed by atoms with van der Waals surface area (Å²) in [6, 6.07) is 9.78. The summed E-state index contributed by atoms with van der Waals surface area (Å²) in [6.07, 6.45) is 0.218. The van der Waals surface area contributed by atoms with Crippen LogP contribution in [0.5, 0.6) is 5.75 Å². The lowest BCUT2D eigenvalue weighted by molar-refractivity contribution is -0.274. The Balaban J connectivity index is 0.973. The van der Waals surface area contributed by atoms with E-state index in [9.17, 15) is 32.3 Å². The van der Waals surface area contributed by atoms with E-state index >= 15 is 0 Å². The number of aromatic amines is 1. The second kappa shape index (κ2) is 17.6. The van der Waals surface area contributed by atoms with Gasteiger partial charge in [0.1, 0.15) is 17.6 Å². The number of methoxy groups -OCH3 is 1. The number of imidazole rings is 1. The van der Waals surface area contributed by atoms with Crippen LogP contribution in [0.2, 0.25) is 0 Å². The van der Waals surface area contributed by atoms with Crippen molar-refractivity contribution < 1.29 is 41.8 Å². The smallest absolute Gasteiger partial charge is 0.453 e. The average Bonchev–Trinajstić information content (AvgIpc) is 3.50. The second-order valence-corrected chi connectivity index (χ2v) is 17.8. The summed E-state index contributed by atoms with van der Waals surface area (Å²) in [5.41, 5.74) is 2.20. The molecular formula is C44H57F3N8O6. The van der Waals surface area contributed by atoms with Crippen LogP contribution in [0.25, 0.3) is 22.4 Å². The van der Waals surface area contributed by atoms with Gasteiger partial charge in [-0.3, -0.25) is 14.5 Å². The number of carbonyl (C=O) groups is 4. The zero-order valence-electron chi connectivity index (χ0n) is 35.7. The molecule has 5 amide bonds. The molecule has 330 valence electrons. The summed E-state index contributed by atoms with van der Waals surface area (Å²) in [4.78, 5) is 67.8. The molecule has 3 aromatic rings. The number of alkyl carbamates (subject to hydrolysis) is 1. The molecule has 3 aliphatic heterocycles. The number of benzene rings is 2. The normalized spacial score (nSPS) is 22.5. The van der Waals surface area contributed by atoms with Crippen molar-refractivity contribution in [2.45, 2.75) is 97.3 Å². The third-order valence-electron chi connectivity index (χ3n) is 12.9. The molecule has 4 heterocycles. The van der Waals surface area contributed by atoms with Gasteiger partial charge in [0.05, 0.1) is 18.8 Å². The highest BCUT2D eigenvalue weighted by atomic mass is 19.4. The number of ether oxygens (including phenoxy) is 2. The maximum Gasteiger partial charge on any atom is 0.573 e. The molecule has 4 atom stereocenters. The van der Waals surface area contributed by atoms with Gasteiger partial charge < -0.3 is 39.8 Å². The Hall–Kier alpha value is -5.32. The Bertz CT molecular complexity index is 2070. The van der Waals surface area contributed by atoms with Crippen molar-refractivity contribution >= 4 is 29.6 Å². The third kappa shape index (κ3) is 9.92. The monoisotopic (exact) mass is 850 g/mol. The molecule has 17 heteroatoms. The number of piperazine rings is 1. The van der Waals surface area contributed by atoms with Crippen molar-refractivity contribution in [2.75, 3.05) is 51.7 Å². The van der Waals surface area contributed by atoms with Crippen LogP contribution < -0.4 is 15.4 Å². The summed E-state index contributed by atoms with van der Waals surface area (Å²) in [6.45, 7) is 13.7. The first kappa shape index (κ1) is 43.8. The molecule has 1 saturated carbocycles. The first-order valence-electron chi connectivity index (χ1n) is 21.2. The quantitative estimate of drug-likeness (QED) is 0.193. The number of nitrogens with zero attached hydrogens (tertiary/aromatic N) is 5. The zero-order chi connectivity index (χ0) is 43.8. The van der Waals surface area contributed by atoms with Gasteiger partial charge in [0, 0.05) is 86.3 Å². The van der Waals surface area contributed by atoms with Crippen LogP contribution in [0.3, 0.4) is 0 Å². The van der Waals surface area contributed by atoms with E-state index in [4.69, 9.17) is 9.72 Å². The van der Waals surface area contributed by atoms with E-state index in [0.717, 1.165) is 38.8 Å². The van der Waals surface area contributed by atoms with Crippen LogP contribution >= 0.6 is 0 Å². The van der Waals surface area contributed by atoms with E-state index in [1.54, 1.807) is 46.3 Å². The van der Waals surface area contributed by atoms with Gasteiger partial charge in [0.25, 0.3) is 0 Å². The minimum atomic E-state index is -4.98. The molecule has 61 heavy (non-hydrogen) atoms.